The standard InChI is InChI=1S/H2O5Si4/c1-6-3-8-5-9-4-7-2/h1-2H. The van der Waals surface area contributed by atoms with E-state index in [1.807, 2.05) is 0 Å². The molecule has 0 aromatic rings. The Bertz CT molecular complexity index is 42.2. The number of rotatable bonds is 6. The van der Waals surface area contributed by atoms with E-state index in [-0.39, 0.29) is 20.0 Å². The van der Waals surface area contributed by atoms with Crippen LogP contribution in [0.15, 0.2) is 0 Å². The summed E-state index contributed by atoms with van der Waals surface area (Å²) in [6.07, 6.45) is 0. The zero-order valence-electron chi connectivity index (χ0n) is 4.12. The van der Waals surface area contributed by atoms with Gasteiger partial charge >= 0.3 is 40.0 Å². The Hall–Kier alpha value is 0.668. The summed E-state index contributed by atoms with van der Waals surface area (Å²) in [5.74, 6) is 0. The van der Waals surface area contributed by atoms with Gasteiger partial charge in [0.05, 0.1) is 0 Å². The van der Waals surface area contributed by atoms with Gasteiger partial charge in [-0.1, -0.05) is 0 Å². The first-order chi connectivity index (χ1) is 4.41. The minimum atomic E-state index is -0.554. The molecule has 0 heterocycles. The third-order valence-electron chi connectivity index (χ3n) is 0.258. The van der Waals surface area contributed by atoms with Gasteiger partial charge in [0.25, 0.3) is 0 Å². The zero-order valence-corrected chi connectivity index (χ0v) is 8.12. The highest BCUT2D eigenvalue weighted by atomic mass is 28.4. The summed E-state index contributed by atoms with van der Waals surface area (Å²) < 4.78 is 13.5. The highest BCUT2D eigenvalue weighted by Crippen LogP contribution is 1.68. The molecule has 0 atom stereocenters. The topological polar surface area (TPSA) is 68.2 Å². The van der Waals surface area contributed by atoms with Crippen molar-refractivity contribution in [2.75, 3.05) is 0 Å². The van der Waals surface area contributed by atoms with Crippen LogP contribution in [0.3, 0.4) is 0 Å². The van der Waals surface area contributed by atoms with Crippen LogP contribution >= 0.6 is 0 Å². The van der Waals surface area contributed by atoms with Crippen molar-refractivity contribution in [3.05, 3.63) is 0 Å². The van der Waals surface area contributed by atoms with E-state index in [4.69, 9.17) is 9.59 Å². The lowest BCUT2D eigenvalue weighted by Crippen LogP contribution is -2.14. The zero-order chi connectivity index (χ0) is 6.95. The minimum Gasteiger partial charge on any atom is -0.412 e. The molecule has 0 aliphatic carbocycles. The van der Waals surface area contributed by atoms with Crippen LogP contribution in [0.1, 0.15) is 0 Å². The van der Waals surface area contributed by atoms with E-state index in [1.165, 1.54) is 0 Å². The summed E-state index contributed by atoms with van der Waals surface area (Å²) in [5, 5.41) is 0. The molecule has 0 saturated carbocycles. The van der Waals surface area contributed by atoms with Crippen LogP contribution in [0.25, 0.3) is 0 Å². The molecule has 0 rings (SSSR count). The van der Waals surface area contributed by atoms with E-state index in [9.17, 15) is 0 Å². The second-order valence-corrected chi connectivity index (χ2v) is 3.80. The van der Waals surface area contributed by atoms with Crippen LogP contribution < -0.4 is 0 Å². The summed E-state index contributed by atoms with van der Waals surface area (Å²) in [5.41, 5.74) is 0. The van der Waals surface area contributed by atoms with Crippen molar-refractivity contribution in [2.24, 2.45) is 0 Å². The van der Waals surface area contributed by atoms with Crippen LogP contribution in [0, 0.1) is 0 Å². The second kappa shape index (κ2) is 8.67. The maximum Gasteiger partial charge on any atom is 0.420 e. The van der Waals surface area contributed by atoms with Crippen molar-refractivity contribution in [2.45, 2.75) is 0 Å². The fourth-order valence-electron chi connectivity index (χ4n) is 0.0959. The van der Waals surface area contributed by atoms with Crippen LogP contribution in [-0.4, -0.2) is 49.6 Å². The molecular weight excluding hydrogens is 192 g/mol. The first kappa shape index (κ1) is 9.67. The van der Waals surface area contributed by atoms with Crippen molar-refractivity contribution in [1.82, 2.24) is 0 Å². The SMILES string of the molecule is O[Si]O[Si]O[Si]O[Si]O. The fraction of sp³-hybridized carbons (Fsp3) is 0. The summed E-state index contributed by atoms with van der Waals surface area (Å²) in [6, 6.07) is 0. The molecule has 5 nitrogen and oxygen atoms in total. The van der Waals surface area contributed by atoms with Crippen molar-refractivity contribution >= 4 is 40.0 Å². The predicted octanol–water partition coefficient (Wildman–Crippen LogP) is -2.84. The van der Waals surface area contributed by atoms with Crippen LogP contribution in [0.2, 0.25) is 0 Å². The lowest BCUT2D eigenvalue weighted by Gasteiger charge is -1.94. The summed E-state index contributed by atoms with van der Waals surface area (Å²) in [7, 11) is -1.54. The quantitative estimate of drug-likeness (QED) is 0.352. The first-order valence-electron chi connectivity index (χ1n) is 1.67. The molecular formula is H2O5Si4. The van der Waals surface area contributed by atoms with E-state index in [1.54, 1.807) is 0 Å². The van der Waals surface area contributed by atoms with E-state index >= 15 is 0 Å². The molecule has 8 radical (unpaired) electrons. The van der Waals surface area contributed by atoms with E-state index in [0.717, 1.165) is 0 Å². The summed E-state index contributed by atoms with van der Waals surface area (Å²) in [4.78, 5) is 16.1. The van der Waals surface area contributed by atoms with Crippen LogP contribution in [-0.2, 0) is 12.3 Å². The molecule has 9 heavy (non-hydrogen) atoms. The highest BCUT2D eigenvalue weighted by molar-refractivity contribution is 6.43. The third-order valence-corrected chi connectivity index (χ3v) is 2.32. The van der Waals surface area contributed by atoms with Gasteiger partial charge in [-0.3, -0.25) is 0 Å². The van der Waals surface area contributed by atoms with Crippen molar-refractivity contribution in [3.8, 4) is 0 Å². The maximum absolute atomic E-state index is 8.07. The van der Waals surface area contributed by atoms with Crippen molar-refractivity contribution < 1.29 is 21.9 Å². The summed E-state index contributed by atoms with van der Waals surface area (Å²) in [6.45, 7) is 0. The van der Waals surface area contributed by atoms with Gasteiger partial charge in [0.1, 0.15) is 0 Å². The lowest BCUT2D eigenvalue weighted by molar-refractivity contribution is 0.378. The fourth-order valence-corrected chi connectivity index (χ4v) is 1.61. The Balaban J connectivity index is 2.60. The largest absolute Gasteiger partial charge is 0.420 e. The van der Waals surface area contributed by atoms with Gasteiger partial charge in [-0.25, -0.2) is 0 Å². The molecule has 0 saturated heterocycles. The Morgan fingerprint density at radius 3 is 1.56 bits per heavy atom. The molecule has 0 unspecified atom stereocenters. The van der Waals surface area contributed by atoms with E-state index < -0.39 is 20.0 Å². The average Bonchev–Trinajstić information content (AvgIpc) is 1.89. The van der Waals surface area contributed by atoms with Gasteiger partial charge in [-0.2, -0.15) is 0 Å². The molecule has 0 spiro atoms. The number of hydrogen-bond acceptors (Lipinski definition) is 5. The molecule has 0 aromatic heterocycles. The first-order valence-corrected chi connectivity index (χ1v) is 5.02. The van der Waals surface area contributed by atoms with E-state index in [2.05, 4.69) is 12.3 Å². The minimum absolute atomic E-state index is 0.215. The third kappa shape index (κ3) is 8.67. The highest BCUT2D eigenvalue weighted by Gasteiger charge is 1.95. The molecule has 0 aliphatic heterocycles. The Kier molecular flexibility index (Phi) is 9.31. The summed E-state index contributed by atoms with van der Waals surface area (Å²) >= 11 is 0. The molecule has 0 aliphatic rings. The average molecular weight is 194 g/mol. The molecule has 0 aromatic carbocycles. The molecule has 0 fully saturated rings. The van der Waals surface area contributed by atoms with Gasteiger partial charge in [0.15, 0.2) is 0 Å². The molecule has 0 bridgehead atoms. The van der Waals surface area contributed by atoms with Gasteiger partial charge in [0, 0.05) is 0 Å². The maximum atomic E-state index is 8.07. The molecule has 9 heteroatoms. The van der Waals surface area contributed by atoms with Gasteiger partial charge in [0.2, 0.25) is 0 Å². The Morgan fingerprint density at radius 2 is 1.22 bits per heavy atom. The van der Waals surface area contributed by atoms with Gasteiger partial charge in [-0.15, -0.1) is 0 Å². The van der Waals surface area contributed by atoms with Gasteiger partial charge < -0.3 is 21.9 Å². The van der Waals surface area contributed by atoms with Crippen molar-refractivity contribution in [3.63, 3.8) is 0 Å². The normalized spacial score (nSPS) is 10.0. The monoisotopic (exact) mass is 194 g/mol. The smallest absolute Gasteiger partial charge is 0.412 e. The molecule has 2 N–H and O–H groups in total. The molecule has 0 amide bonds. The van der Waals surface area contributed by atoms with E-state index in [0.29, 0.717) is 0 Å². The lowest BCUT2D eigenvalue weighted by atomic mass is 15.7. The Morgan fingerprint density at radius 1 is 0.778 bits per heavy atom. The predicted molar refractivity (Wildman–Crippen MR) is 30.7 cm³/mol. The van der Waals surface area contributed by atoms with Crippen LogP contribution in [0.4, 0.5) is 0 Å². The second-order valence-electron chi connectivity index (χ2n) is 0.655. The number of hydrogen-bond donors (Lipinski definition) is 2. The Labute approximate surface area is 62.6 Å². The van der Waals surface area contributed by atoms with Crippen molar-refractivity contribution in [1.29, 1.82) is 0 Å². The van der Waals surface area contributed by atoms with Crippen LogP contribution in [0.5, 0.6) is 0 Å². The van der Waals surface area contributed by atoms with Gasteiger partial charge in [-0.05, 0) is 0 Å². The molecule has 48 valence electrons.